The summed E-state index contributed by atoms with van der Waals surface area (Å²) in [5.41, 5.74) is 0.864. The second kappa shape index (κ2) is 4.57. The minimum atomic E-state index is 0.479. The van der Waals surface area contributed by atoms with Crippen LogP contribution < -0.4 is 4.74 Å². The van der Waals surface area contributed by atoms with Crippen LogP contribution in [0.4, 0.5) is 0 Å². The molecule has 96 valence electrons. The molecule has 0 radical (unpaired) electrons. The van der Waals surface area contributed by atoms with Gasteiger partial charge >= 0.3 is 0 Å². The highest BCUT2D eigenvalue weighted by molar-refractivity contribution is 5.42. The molecule has 0 unspecified atom stereocenters. The monoisotopic (exact) mass is 246 g/mol. The Morgan fingerprint density at radius 1 is 1.22 bits per heavy atom. The molecular formula is C13H18N4O. The van der Waals surface area contributed by atoms with Crippen LogP contribution in [0, 0.1) is 0 Å². The number of ether oxygens (including phenoxy) is 1. The van der Waals surface area contributed by atoms with Crippen LogP contribution in [0.3, 0.4) is 0 Å². The van der Waals surface area contributed by atoms with Crippen molar-refractivity contribution in [1.82, 2.24) is 19.5 Å². The standard InChI is InChI=1S/C13H18N4O/c1-16-8-6-10(7-9-16)13-15-14-11-4-3-5-12(18-2)17(11)13/h3-5,10H,6-9H2,1-2H3. The number of likely N-dealkylation sites (tertiary alicyclic amines) is 1. The van der Waals surface area contributed by atoms with Crippen molar-refractivity contribution >= 4 is 5.65 Å². The number of pyridine rings is 1. The fraction of sp³-hybridized carbons (Fsp3) is 0.538. The molecule has 3 heterocycles. The first-order valence-corrected chi connectivity index (χ1v) is 6.36. The van der Waals surface area contributed by atoms with E-state index < -0.39 is 0 Å². The molecule has 0 bridgehead atoms. The molecule has 3 rings (SSSR count). The van der Waals surface area contributed by atoms with Gasteiger partial charge in [0.15, 0.2) is 5.65 Å². The number of methoxy groups -OCH3 is 1. The van der Waals surface area contributed by atoms with E-state index in [9.17, 15) is 0 Å². The first-order chi connectivity index (χ1) is 8.79. The van der Waals surface area contributed by atoms with Gasteiger partial charge in [-0.15, -0.1) is 10.2 Å². The molecule has 1 fully saturated rings. The maximum atomic E-state index is 5.41. The van der Waals surface area contributed by atoms with Gasteiger partial charge in [0.25, 0.3) is 0 Å². The van der Waals surface area contributed by atoms with Gasteiger partial charge in [-0.25, -0.2) is 4.40 Å². The molecule has 0 amide bonds. The van der Waals surface area contributed by atoms with Crippen molar-refractivity contribution in [1.29, 1.82) is 0 Å². The predicted molar refractivity (Wildman–Crippen MR) is 69.0 cm³/mol. The van der Waals surface area contributed by atoms with Gasteiger partial charge in [0.1, 0.15) is 5.82 Å². The molecule has 5 heteroatoms. The van der Waals surface area contributed by atoms with Crippen LogP contribution in [0.5, 0.6) is 5.88 Å². The maximum Gasteiger partial charge on any atom is 0.200 e. The molecule has 1 aliphatic heterocycles. The van der Waals surface area contributed by atoms with Crippen molar-refractivity contribution in [3.8, 4) is 5.88 Å². The molecule has 0 aromatic carbocycles. The lowest BCUT2D eigenvalue weighted by Gasteiger charge is -2.27. The summed E-state index contributed by atoms with van der Waals surface area (Å²) in [6.45, 7) is 2.24. The Morgan fingerprint density at radius 3 is 2.72 bits per heavy atom. The van der Waals surface area contributed by atoms with Crippen LogP contribution in [-0.2, 0) is 0 Å². The quantitative estimate of drug-likeness (QED) is 0.806. The van der Waals surface area contributed by atoms with Crippen LogP contribution in [0.25, 0.3) is 5.65 Å². The summed E-state index contributed by atoms with van der Waals surface area (Å²) in [6.07, 6.45) is 2.27. The van der Waals surface area contributed by atoms with E-state index >= 15 is 0 Å². The fourth-order valence-electron chi connectivity index (χ4n) is 2.62. The van der Waals surface area contributed by atoms with E-state index in [2.05, 4.69) is 22.1 Å². The highest BCUT2D eigenvalue weighted by Crippen LogP contribution is 2.28. The van der Waals surface area contributed by atoms with Gasteiger partial charge in [-0.3, -0.25) is 0 Å². The Hall–Kier alpha value is -1.62. The van der Waals surface area contributed by atoms with Crippen LogP contribution in [-0.4, -0.2) is 46.7 Å². The second-order valence-corrected chi connectivity index (χ2v) is 4.90. The van der Waals surface area contributed by atoms with E-state index in [0.717, 1.165) is 43.3 Å². The van der Waals surface area contributed by atoms with Crippen LogP contribution in [0.15, 0.2) is 18.2 Å². The smallest absolute Gasteiger partial charge is 0.200 e. The lowest BCUT2D eigenvalue weighted by molar-refractivity contribution is 0.249. The van der Waals surface area contributed by atoms with Gasteiger partial charge in [-0.05, 0) is 45.1 Å². The molecule has 0 aliphatic carbocycles. The van der Waals surface area contributed by atoms with Crippen molar-refractivity contribution in [2.75, 3.05) is 27.2 Å². The van der Waals surface area contributed by atoms with Crippen molar-refractivity contribution in [2.24, 2.45) is 0 Å². The van der Waals surface area contributed by atoms with Gasteiger partial charge in [0, 0.05) is 5.92 Å². The van der Waals surface area contributed by atoms with E-state index in [0.29, 0.717) is 5.92 Å². The largest absolute Gasteiger partial charge is 0.482 e. The average molecular weight is 246 g/mol. The Kier molecular flexibility index (Phi) is 2.91. The Labute approximate surface area is 106 Å². The molecule has 2 aromatic heterocycles. The summed E-state index contributed by atoms with van der Waals surface area (Å²) >= 11 is 0. The zero-order valence-corrected chi connectivity index (χ0v) is 10.8. The summed E-state index contributed by atoms with van der Waals surface area (Å²) in [7, 11) is 3.85. The summed E-state index contributed by atoms with van der Waals surface area (Å²) in [5.74, 6) is 2.33. The van der Waals surface area contributed by atoms with Crippen molar-refractivity contribution in [3.63, 3.8) is 0 Å². The van der Waals surface area contributed by atoms with E-state index in [-0.39, 0.29) is 0 Å². The summed E-state index contributed by atoms with van der Waals surface area (Å²) < 4.78 is 7.45. The van der Waals surface area contributed by atoms with Crippen molar-refractivity contribution < 1.29 is 4.74 Å². The zero-order chi connectivity index (χ0) is 12.5. The molecule has 5 nitrogen and oxygen atoms in total. The van der Waals surface area contributed by atoms with E-state index in [1.165, 1.54) is 0 Å². The number of hydrogen-bond acceptors (Lipinski definition) is 4. The maximum absolute atomic E-state index is 5.41. The molecule has 0 spiro atoms. The third-order valence-electron chi connectivity index (χ3n) is 3.71. The van der Waals surface area contributed by atoms with Crippen molar-refractivity contribution in [3.05, 3.63) is 24.0 Å². The topological polar surface area (TPSA) is 42.7 Å². The van der Waals surface area contributed by atoms with Gasteiger partial charge in [0.05, 0.1) is 7.11 Å². The number of aromatic nitrogens is 3. The molecule has 0 saturated carbocycles. The van der Waals surface area contributed by atoms with Crippen molar-refractivity contribution in [2.45, 2.75) is 18.8 Å². The molecular weight excluding hydrogens is 228 g/mol. The van der Waals surface area contributed by atoms with Gasteiger partial charge in [-0.2, -0.15) is 0 Å². The minimum absolute atomic E-state index is 0.479. The highest BCUT2D eigenvalue weighted by atomic mass is 16.5. The number of rotatable bonds is 2. The number of nitrogens with zero attached hydrogens (tertiary/aromatic N) is 4. The lowest BCUT2D eigenvalue weighted by atomic mass is 9.96. The van der Waals surface area contributed by atoms with Gasteiger partial charge in [0.2, 0.25) is 5.88 Å². The Morgan fingerprint density at radius 2 is 2.00 bits per heavy atom. The first-order valence-electron chi connectivity index (χ1n) is 6.36. The molecule has 0 N–H and O–H groups in total. The van der Waals surface area contributed by atoms with E-state index in [1.54, 1.807) is 7.11 Å². The molecule has 2 aromatic rings. The number of fused-ring (bicyclic) bond motifs is 1. The lowest BCUT2D eigenvalue weighted by Crippen LogP contribution is -2.30. The summed E-state index contributed by atoms with van der Waals surface area (Å²) in [6, 6.07) is 5.87. The Balaban J connectivity index is 2.01. The first kappa shape index (κ1) is 11.5. The van der Waals surface area contributed by atoms with Crippen LogP contribution in [0.2, 0.25) is 0 Å². The fourth-order valence-corrected chi connectivity index (χ4v) is 2.62. The van der Waals surface area contributed by atoms with Gasteiger partial charge in [-0.1, -0.05) is 6.07 Å². The third-order valence-corrected chi connectivity index (χ3v) is 3.71. The molecule has 18 heavy (non-hydrogen) atoms. The van der Waals surface area contributed by atoms with E-state index in [4.69, 9.17) is 4.74 Å². The molecule has 1 saturated heterocycles. The highest BCUT2D eigenvalue weighted by Gasteiger charge is 2.23. The SMILES string of the molecule is COc1cccc2nnc(C3CCN(C)CC3)n12. The zero-order valence-electron chi connectivity index (χ0n) is 10.8. The average Bonchev–Trinajstić information content (AvgIpc) is 2.83. The van der Waals surface area contributed by atoms with E-state index in [1.807, 2.05) is 22.6 Å². The molecule has 0 atom stereocenters. The Bertz CT molecular complexity index is 543. The second-order valence-electron chi connectivity index (χ2n) is 4.90. The summed E-state index contributed by atoms with van der Waals surface area (Å²) in [5, 5.41) is 8.61. The molecule has 1 aliphatic rings. The number of piperidine rings is 1. The third kappa shape index (κ3) is 1.84. The number of hydrogen-bond donors (Lipinski definition) is 0. The van der Waals surface area contributed by atoms with Gasteiger partial charge < -0.3 is 9.64 Å². The van der Waals surface area contributed by atoms with Crippen LogP contribution >= 0.6 is 0 Å². The normalized spacial score (nSPS) is 18.3. The predicted octanol–water partition coefficient (Wildman–Crippen LogP) is 1.55. The van der Waals surface area contributed by atoms with Crippen LogP contribution in [0.1, 0.15) is 24.6 Å². The summed E-state index contributed by atoms with van der Waals surface area (Å²) in [4.78, 5) is 2.36. The minimum Gasteiger partial charge on any atom is -0.482 e.